The summed E-state index contributed by atoms with van der Waals surface area (Å²) in [5.74, 6) is -0.858. The van der Waals surface area contributed by atoms with Crippen LogP contribution in [0.5, 0.6) is 0 Å². The molecule has 0 saturated carbocycles. The van der Waals surface area contributed by atoms with Crippen LogP contribution in [0, 0.1) is 0 Å². The molecule has 0 aliphatic rings. The van der Waals surface area contributed by atoms with E-state index in [0.717, 1.165) is 6.42 Å². The smallest absolute Gasteiger partial charge is 0.294 e. The Kier molecular flexibility index (Phi) is 5.73. The number of ketones is 1. The molecule has 0 N–H and O–H groups in total. The molecule has 1 amide bonds. The van der Waals surface area contributed by atoms with Crippen molar-refractivity contribution in [1.29, 1.82) is 0 Å². The van der Waals surface area contributed by atoms with Crippen molar-refractivity contribution in [3.05, 3.63) is 65.2 Å². The van der Waals surface area contributed by atoms with Crippen molar-refractivity contribution in [2.45, 2.75) is 19.3 Å². The average molecular weight is 316 g/mol. The van der Waals surface area contributed by atoms with Crippen LogP contribution in [-0.4, -0.2) is 18.7 Å². The van der Waals surface area contributed by atoms with Gasteiger partial charge in [-0.3, -0.25) is 9.59 Å². The van der Waals surface area contributed by atoms with E-state index in [1.807, 2.05) is 30.3 Å². The summed E-state index contributed by atoms with van der Waals surface area (Å²) in [5, 5.41) is 0.596. The molecule has 0 fully saturated rings. The number of rotatable bonds is 6. The van der Waals surface area contributed by atoms with Gasteiger partial charge in [0.15, 0.2) is 0 Å². The fourth-order valence-electron chi connectivity index (χ4n) is 2.17. The zero-order valence-corrected chi connectivity index (χ0v) is 13.2. The number of amides is 1. The van der Waals surface area contributed by atoms with Gasteiger partial charge in [0.05, 0.1) is 0 Å². The third-order valence-corrected chi connectivity index (χ3v) is 3.72. The van der Waals surface area contributed by atoms with Gasteiger partial charge in [-0.1, -0.05) is 41.9 Å². The zero-order valence-electron chi connectivity index (χ0n) is 12.5. The number of aryl methyl sites for hydroxylation is 1. The van der Waals surface area contributed by atoms with Gasteiger partial charge in [0, 0.05) is 24.2 Å². The van der Waals surface area contributed by atoms with E-state index < -0.39 is 5.91 Å². The lowest BCUT2D eigenvalue weighted by molar-refractivity contribution is -0.136. The van der Waals surface area contributed by atoms with Gasteiger partial charge in [0.25, 0.3) is 5.91 Å². The van der Waals surface area contributed by atoms with Gasteiger partial charge in [0.2, 0.25) is 5.78 Å². The van der Waals surface area contributed by atoms with Crippen molar-refractivity contribution in [3.8, 4) is 0 Å². The molecule has 0 radical (unpaired) electrons. The minimum Gasteiger partial charge on any atom is -0.309 e. The summed E-state index contributed by atoms with van der Waals surface area (Å²) in [4.78, 5) is 25.5. The number of carbonyl (C=O) groups is 2. The van der Waals surface area contributed by atoms with E-state index in [1.165, 1.54) is 10.5 Å². The number of hydrogen-bond donors (Lipinski definition) is 0. The first-order valence-electron chi connectivity index (χ1n) is 7.18. The minimum absolute atomic E-state index is 0.256. The predicted octanol–water partition coefficient (Wildman–Crippen LogP) is 3.89. The molecule has 3 nitrogen and oxygen atoms in total. The summed E-state index contributed by atoms with van der Waals surface area (Å²) in [6, 6.07) is 16.8. The second-order valence-corrected chi connectivity index (χ2v) is 5.54. The maximum Gasteiger partial charge on any atom is 0.294 e. The number of hydrogen-bond acceptors (Lipinski definition) is 2. The van der Waals surface area contributed by atoms with Crippen LogP contribution >= 0.6 is 11.6 Å². The first-order chi connectivity index (χ1) is 10.6. The molecule has 0 aliphatic carbocycles. The van der Waals surface area contributed by atoms with Crippen molar-refractivity contribution in [3.63, 3.8) is 0 Å². The van der Waals surface area contributed by atoms with Crippen LogP contribution in [0.25, 0.3) is 0 Å². The molecule has 0 heterocycles. The second-order valence-electron chi connectivity index (χ2n) is 5.10. The first kappa shape index (κ1) is 16.2. The quantitative estimate of drug-likeness (QED) is 0.758. The lowest BCUT2D eigenvalue weighted by Gasteiger charge is -2.16. The molecule has 22 heavy (non-hydrogen) atoms. The Bertz CT molecular complexity index is 638. The number of likely N-dealkylation sites (N-methyl/N-ethyl adjacent to an activating group) is 1. The lowest BCUT2D eigenvalue weighted by Crippen LogP contribution is -2.33. The Balaban J connectivity index is 1.86. The summed E-state index contributed by atoms with van der Waals surface area (Å²) >= 11 is 5.81. The average Bonchev–Trinajstić information content (AvgIpc) is 2.55. The van der Waals surface area contributed by atoms with Gasteiger partial charge in [0.1, 0.15) is 0 Å². The lowest BCUT2D eigenvalue weighted by atomic mass is 10.1. The Morgan fingerprint density at radius 1 is 1.00 bits per heavy atom. The van der Waals surface area contributed by atoms with Gasteiger partial charge < -0.3 is 4.90 Å². The fraction of sp³-hybridized carbons (Fsp3) is 0.222. The number of benzene rings is 2. The van der Waals surface area contributed by atoms with Crippen molar-refractivity contribution >= 4 is 29.0 Å². The molecule has 0 atom stereocenters. The van der Waals surface area contributed by atoms with Gasteiger partial charge in [-0.2, -0.15) is 0 Å². The summed E-state index contributed by atoms with van der Waals surface area (Å²) < 4.78 is 0. The molecule has 0 aliphatic heterocycles. The van der Waals surface area contributed by atoms with Crippen molar-refractivity contribution in [1.82, 2.24) is 0 Å². The number of halogens is 1. The molecule has 0 spiro atoms. The van der Waals surface area contributed by atoms with E-state index in [9.17, 15) is 9.59 Å². The molecule has 2 aromatic carbocycles. The van der Waals surface area contributed by atoms with E-state index in [2.05, 4.69) is 0 Å². The topological polar surface area (TPSA) is 37.4 Å². The maximum atomic E-state index is 12.1. The Morgan fingerprint density at radius 2 is 1.64 bits per heavy atom. The number of Topliss-reactive ketones (excluding diaryl/α,β-unsaturated/α-hetero) is 1. The van der Waals surface area contributed by atoms with E-state index in [4.69, 9.17) is 11.6 Å². The third kappa shape index (κ3) is 4.43. The Hall–Kier alpha value is -2.13. The number of carbonyl (C=O) groups excluding carboxylic acids is 2. The highest BCUT2D eigenvalue weighted by Gasteiger charge is 2.19. The van der Waals surface area contributed by atoms with Crippen molar-refractivity contribution in [2.24, 2.45) is 0 Å². The summed E-state index contributed by atoms with van der Waals surface area (Å²) in [5.41, 5.74) is 1.83. The minimum atomic E-state index is -0.490. The standard InChI is InChI=1S/C18H18ClNO2/c1-20(16-12-10-15(19)11-13-16)18(22)17(21)9-5-8-14-6-3-2-4-7-14/h2-4,6-7,10-13H,5,8-9H2,1H3. The van der Waals surface area contributed by atoms with Gasteiger partial charge in [-0.25, -0.2) is 0 Å². The van der Waals surface area contributed by atoms with Crippen LogP contribution in [0.3, 0.4) is 0 Å². The van der Waals surface area contributed by atoms with Gasteiger partial charge >= 0.3 is 0 Å². The SMILES string of the molecule is CN(C(=O)C(=O)CCCc1ccccc1)c1ccc(Cl)cc1. The second kappa shape index (κ2) is 7.76. The normalized spacial score (nSPS) is 10.3. The van der Waals surface area contributed by atoms with Crippen LogP contribution in [0.1, 0.15) is 18.4 Å². The monoisotopic (exact) mass is 315 g/mol. The third-order valence-electron chi connectivity index (χ3n) is 3.47. The molecular weight excluding hydrogens is 298 g/mol. The maximum absolute atomic E-state index is 12.1. The van der Waals surface area contributed by atoms with E-state index in [1.54, 1.807) is 31.3 Å². The first-order valence-corrected chi connectivity index (χ1v) is 7.56. The van der Waals surface area contributed by atoms with E-state index in [-0.39, 0.29) is 12.2 Å². The van der Waals surface area contributed by atoms with Gasteiger partial charge in [-0.05, 0) is 42.7 Å². The van der Waals surface area contributed by atoms with Crippen LogP contribution in [0.15, 0.2) is 54.6 Å². The summed E-state index contributed by atoms with van der Waals surface area (Å²) in [7, 11) is 1.60. The highest BCUT2D eigenvalue weighted by atomic mass is 35.5. The number of anilines is 1. The molecule has 0 saturated heterocycles. The number of nitrogens with zero attached hydrogens (tertiary/aromatic N) is 1. The molecule has 0 unspecified atom stereocenters. The molecule has 0 bridgehead atoms. The van der Waals surface area contributed by atoms with Crippen LogP contribution in [-0.2, 0) is 16.0 Å². The summed E-state index contributed by atoms with van der Waals surface area (Å²) in [6.45, 7) is 0. The largest absolute Gasteiger partial charge is 0.309 e. The Morgan fingerprint density at radius 3 is 2.27 bits per heavy atom. The van der Waals surface area contributed by atoms with E-state index >= 15 is 0 Å². The van der Waals surface area contributed by atoms with Crippen molar-refractivity contribution in [2.75, 3.05) is 11.9 Å². The molecule has 114 valence electrons. The predicted molar refractivity (Wildman–Crippen MR) is 89.2 cm³/mol. The molecule has 2 aromatic rings. The molecule has 0 aromatic heterocycles. The van der Waals surface area contributed by atoms with Crippen LogP contribution in [0.4, 0.5) is 5.69 Å². The zero-order chi connectivity index (χ0) is 15.9. The van der Waals surface area contributed by atoms with Crippen LogP contribution < -0.4 is 4.90 Å². The summed E-state index contributed by atoms with van der Waals surface area (Å²) in [6.07, 6.45) is 1.72. The van der Waals surface area contributed by atoms with E-state index in [0.29, 0.717) is 17.1 Å². The van der Waals surface area contributed by atoms with Gasteiger partial charge in [-0.15, -0.1) is 0 Å². The molecule has 4 heteroatoms. The fourth-order valence-corrected chi connectivity index (χ4v) is 2.30. The van der Waals surface area contributed by atoms with Crippen molar-refractivity contribution < 1.29 is 9.59 Å². The van der Waals surface area contributed by atoms with Crippen LogP contribution in [0.2, 0.25) is 5.02 Å². The Labute approximate surface area is 135 Å². The molecule has 2 rings (SSSR count). The molecular formula is C18H18ClNO2. The highest BCUT2D eigenvalue weighted by molar-refractivity contribution is 6.41. The highest BCUT2D eigenvalue weighted by Crippen LogP contribution is 2.17.